The number of rotatable bonds is 2. The van der Waals surface area contributed by atoms with Crippen molar-refractivity contribution in [1.29, 1.82) is 0 Å². The molecule has 0 aliphatic carbocycles. The highest BCUT2D eigenvalue weighted by molar-refractivity contribution is 7.91. The summed E-state index contributed by atoms with van der Waals surface area (Å²) in [5.74, 6) is -2.58. The van der Waals surface area contributed by atoms with E-state index in [0.717, 1.165) is 14.1 Å². The van der Waals surface area contributed by atoms with Crippen LogP contribution >= 0.6 is 0 Å². The molecular weight excluding hydrogens is 152 g/mol. The van der Waals surface area contributed by atoms with Gasteiger partial charge in [-0.15, -0.1) is 0 Å². The molecule has 0 fully saturated rings. The van der Waals surface area contributed by atoms with Gasteiger partial charge in [0.15, 0.2) is 0 Å². The molecule has 0 saturated heterocycles. The average Bonchev–Trinajstić information content (AvgIpc) is 1.65. The van der Waals surface area contributed by atoms with E-state index < -0.39 is 15.8 Å². The van der Waals surface area contributed by atoms with E-state index in [2.05, 4.69) is 0 Å². The second-order valence-corrected chi connectivity index (χ2v) is 3.50. The Labute approximate surface area is 52.3 Å². The molecule has 1 radical (unpaired) electrons. The second-order valence-electron chi connectivity index (χ2n) is 1.51. The van der Waals surface area contributed by atoms with Crippen molar-refractivity contribution in [2.75, 3.05) is 14.1 Å². The Hall–Kier alpha value is -0.230. The van der Waals surface area contributed by atoms with Gasteiger partial charge in [-0.05, 0) is 0 Å². The van der Waals surface area contributed by atoms with Crippen LogP contribution in [0.25, 0.3) is 0 Å². The molecule has 0 bridgehead atoms. The number of halogens is 2. The molecule has 9 heavy (non-hydrogen) atoms. The van der Waals surface area contributed by atoms with Crippen LogP contribution in [0.1, 0.15) is 0 Å². The zero-order valence-electron chi connectivity index (χ0n) is 4.93. The lowest BCUT2D eigenvalue weighted by Crippen LogP contribution is -2.24. The van der Waals surface area contributed by atoms with Crippen LogP contribution in [-0.2, 0) is 10.0 Å². The summed E-state index contributed by atoms with van der Waals surface area (Å²) in [7, 11) is -2.33. The first-order valence-corrected chi connectivity index (χ1v) is 3.43. The van der Waals surface area contributed by atoms with Gasteiger partial charge in [0.1, 0.15) is 0 Å². The molecule has 0 unspecified atom stereocenters. The Morgan fingerprint density at radius 1 is 1.33 bits per heavy atom. The summed E-state index contributed by atoms with van der Waals surface area (Å²) in [4.78, 5) is 0. The van der Waals surface area contributed by atoms with E-state index in [1.807, 2.05) is 0 Å². The van der Waals surface area contributed by atoms with Gasteiger partial charge in [0, 0.05) is 14.1 Å². The van der Waals surface area contributed by atoms with E-state index in [-0.39, 0.29) is 0 Å². The topological polar surface area (TPSA) is 37.4 Å². The van der Waals surface area contributed by atoms with Crippen LogP contribution in [0.5, 0.6) is 0 Å². The smallest absolute Gasteiger partial charge is 0.206 e. The summed E-state index contributed by atoms with van der Waals surface area (Å²) in [6, 6.07) is 0. The highest BCUT2D eigenvalue weighted by Crippen LogP contribution is 2.14. The molecule has 0 atom stereocenters. The minimum absolute atomic E-state index is 0.447. The van der Waals surface area contributed by atoms with Gasteiger partial charge in [-0.3, -0.25) is 0 Å². The standard InChI is InChI=1S/C3H6F2NO2S/c1-6(2)9(7,8)3(4)5/h1-2H3. The third-order valence-corrected chi connectivity index (χ3v) is 2.03. The Balaban J connectivity index is 4.42. The predicted molar refractivity (Wildman–Crippen MR) is 28.1 cm³/mol. The van der Waals surface area contributed by atoms with E-state index in [1.54, 1.807) is 0 Å². The maximum atomic E-state index is 11.4. The molecule has 0 rings (SSSR count). The molecule has 0 aromatic heterocycles. The Morgan fingerprint density at radius 3 is 1.67 bits per heavy atom. The maximum absolute atomic E-state index is 11.4. The number of hydrogen-bond donors (Lipinski definition) is 0. The zero-order valence-corrected chi connectivity index (χ0v) is 5.74. The third kappa shape index (κ3) is 1.87. The fourth-order valence-electron chi connectivity index (χ4n) is 0.138. The van der Waals surface area contributed by atoms with Crippen molar-refractivity contribution >= 4 is 10.0 Å². The number of hydrogen-bond acceptors (Lipinski definition) is 2. The van der Waals surface area contributed by atoms with Crippen LogP contribution in [0, 0.1) is 5.76 Å². The van der Waals surface area contributed by atoms with Crippen molar-refractivity contribution in [2.24, 2.45) is 0 Å². The third-order valence-electron chi connectivity index (χ3n) is 0.676. The van der Waals surface area contributed by atoms with Crippen LogP contribution in [0.2, 0.25) is 0 Å². The Bertz CT molecular complexity index is 160. The first kappa shape index (κ1) is 8.77. The molecular formula is C3H6F2NO2S. The summed E-state index contributed by atoms with van der Waals surface area (Å²) in [6.07, 6.45) is 0. The zero-order chi connectivity index (χ0) is 7.65. The van der Waals surface area contributed by atoms with Crippen molar-refractivity contribution in [1.82, 2.24) is 4.31 Å². The lowest BCUT2D eigenvalue weighted by atomic mass is 11.3. The summed E-state index contributed by atoms with van der Waals surface area (Å²) < 4.78 is 43.5. The monoisotopic (exact) mass is 158 g/mol. The van der Waals surface area contributed by atoms with E-state index in [9.17, 15) is 17.2 Å². The van der Waals surface area contributed by atoms with Crippen molar-refractivity contribution in [3.8, 4) is 0 Å². The lowest BCUT2D eigenvalue weighted by Gasteiger charge is -2.06. The molecule has 0 aromatic carbocycles. The number of nitrogens with zero attached hydrogens (tertiary/aromatic N) is 1. The summed E-state index contributed by atoms with van der Waals surface area (Å²) >= 11 is 0. The molecule has 3 nitrogen and oxygen atoms in total. The Morgan fingerprint density at radius 2 is 1.67 bits per heavy atom. The van der Waals surface area contributed by atoms with Crippen molar-refractivity contribution in [2.45, 2.75) is 0 Å². The average molecular weight is 158 g/mol. The van der Waals surface area contributed by atoms with E-state index >= 15 is 0 Å². The quantitative estimate of drug-likeness (QED) is 0.578. The fraction of sp³-hybridized carbons (Fsp3) is 0.667. The van der Waals surface area contributed by atoms with Crippen molar-refractivity contribution < 1.29 is 17.2 Å². The molecule has 0 saturated carbocycles. The maximum Gasteiger partial charge on any atom is 0.437 e. The highest BCUT2D eigenvalue weighted by Gasteiger charge is 2.28. The summed E-state index contributed by atoms with van der Waals surface area (Å²) in [5, 5.41) is 0. The van der Waals surface area contributed by atoms with Gasteiger partial charge >= 0.3 is 5.76 Å². The molecule has 0 amide bonds. The van der Waals surface area contributed by atoms with Crippen LogP contribution in [-0.4, -0.2) is 26.8 Å². The van der Waals surface area contributed by atoms with Crippen molar-refractivity contribution in [3.05, 3.63) is 5.76 Å². The van der Waals surface area contributed by atoms with E-state index in [0.29, 0.717) is 4.31 Å². The van der Waals surface area contributed by atoms with Crippen LogP contribution < -0.4 is 0 Å². The summed E-state index contributed by atoms with van der Waals surface area (Å²) in [6.45, 7) is 0. The van der Waals surface area contributed by atoms with Crippen molar-refractivity contribution in [3.63, 3.8) is 0 Å². The van der Waals surface area contributed by atoms with Gasteiger partial charge in [0.05, 0.1) is 0 Å². The molecule has 0 aromatic rings. The number of sulfonamides is 1. The molecule has 55 valence electrons. The normalized spacial score (nSPS) is 13.1. The molecule has 0 aliphatic heterocycles. The van der Waals surface area contributed by atoms with Gasteiger partial charge in [-0.1, -0.05) is 0 Å². The highest BCUT2D eigenvalue weighted by atomic mass is 32.2. The van der Waals surface area contributed by atoms with Crippen LogP contribution in [0.3, 0.4) is 0 Å². The SMILES string of the molecule is CN(C)S(=O)(=O)[C](F)F. The molecule has 0 N–H and O–H groups in total. The molecule has 0 spiro atoms. The minimum atomic E-state index is -4.40. The molecule has 6 heteroatoms. The van der Waals surface area contributed by atoms with Gasteiger partial charge in [0.25, 0.3) is 10.0 Å². The first-order valence-electron chi connectivity index (χ1n) is 1.99. The second kappa shape index (κ2) is 2.57. The summed E-state index contributed by atoms with van der Waals surface area (Å²) in [5.41, 5.74) is 0. The van der Waals surface area contributed by atoms with Gasteiger partial charge in [-0.2, -0.15) is 8.78 Å². The lowest BCUT2D eigenvalue weighted by molar-refractivity contribution is 0.339. The first-order chi connectivity index (χ1) is 3.89. The van der Waals surface area contributed by atoms with Crippen LogP contribution in [0.15, 0.2) is 0 Å². The Kier molecular flexibility index (Phi) is 2.50. The van der Waals surface area contributed by atoms with Gasteiger partial charge in [0.2, 0.25) is 0 Å². The largest absolute Gasteiger partial charge is 0.437 e. The minimum Gasteiger partial charge on any atom is -0.206 e. The van der Waals surface area contributed by atoms with Gasteiger partial charge < -0.3 is 0 Å². The van der Waals surface area contributed by atoms with Gasteiger partial charge in [-0.25, -0.2) is 12.7 Å². The van der Waals surface area contributed by atoms with Crippen LogP contribution in [0.4, 0.5) is 8.78 Å². The fourth-order valence-corrected chi connectivity index (χ4v) is 0.414. The predicted octanol–water partition coefficient (Wildman–Crippen LogP) is 0.264. The molecule has 0 heterocycles. The van der Waals surface area contributed by atoms with E-state index in [4.69, 9.17) is 0 Å². The van der Waals surface area contributed by atoms with E-state index in [1.165, 1.54) is 0 Å². The molecule has 0 aliphatic rings.